The molecule has 2 rings (SSSR count). The molecule has 1 aliphatic heterocycles. The van der Waals surface area contributed by atoms with Gasteiger partial charge < -0.3 is 10.2 Å². The lowest BCUT2D eigenvalue weighted by molar-refractivity contribution is -0.135. The number of piperazine rings is 1. The number of nitrogens with zero attached hydrogens (tertiary/aromatic N) is 1. The average Bonchev–Trinajstić information content (AvgIpc) is 2.61. The first kappa shape index (κ1) is 9.00. The quantitative estimate of drug-likeness (QED) is 0.649. The number of carbonyl (C=O) groups excluding carboxylic acids is 1. The summed E-state index contributed by atoms with van der Waals surface area (Å²) in [5.74, 6) is 0.296. The van der Waals surface area contributed by atoms with E-state index in [9.17, 15) is 4.79 Å². The summed E-state index contributed by atoms with van der Waals surface area (Å²) in [5, 5.41) is 3.19. The van der Waals surface area contributed by atoms with Gasteiger partial charge in [0.1, 0.15) is 0 Å². The van der Waals surface area contributed by atoms with Crippen molar-refractivity contribution < 1.29 is 4.79 Å². The Morgan fingerprint density at radius 1 is 1.38 bits per heavy atom. The zero-order chi connectivity index (χ0) is 9.26. The minimum absolute atomic E-state index is 0.296. The molecule has 2 fully saturated rings. The molecule has 1 saturated heterocycles. The van der Waals surface area contributed by atoms with Gasteiger partial charge in [-0.1, -0.05) is 12.8 Å². The summed E-state index contributed by atoms with van der Waals surface area (Å²) in [5.41, 5.74) is 0. The van der Waals surface area contributed by atoms with Crippen molar-refractivity contribution in [3.63, 3.8) is 0 Å². The molecule has 0 spiro atoms. The van der Waals surface area contributed by atoms with Gasteiger partial charge in [0.15, 0.2) is 0 Å². The lowest BCUT2D eigenvalue weighted by Gasteiger charge is -2.36. The second-order valence-corrected chi connectivity index (χ2v) is 4.27. The van der Waals surface area contributed by atoms with Gasteiger partial charge in [-0.15, -0.1) is 0 Å². The predicted molar refractivity (Wildman–Crippen MR) is 51.4 cm³/mol. The SMILES string of the molecule is CC1CN(C2CCCC2)C(=O)CN1. The van der Waals surface area contributed by atoms with Crippen LogP contribution in [0.25, 0.3) is 0 Å². The first-order chi connectivity index (χ1) is 6.27. The Morgan fingerprint density at radius 2 is 2.08 bits per heavy atom. The Balaban J connectivity index is 1.98. The molecule has 0 aromatic carbocycles. The Hall–Kier alpha value is -0.570. The number of amides is 1. The molecule has 13 heavy (non-hydrogen) atoms. The standard InChI is InChI=1S/C10H18N2O/c1-8-7-12(10(13)6-11-8)9-4-2-3-5-9/h8-9,11H,2-7H2,1H3. The zero-order valence-electron chi connectivity index (χ0n) is 8.25. The van der Waals surface area contributed by atoms with Gasteiger partial charge >= 0.3 is 0 Å². The molecule has 0 bridgehead atoms. The normalized spacial score (nSPS) is 31.3. The van der Waals surface area contributed by atoms with E-state index in [1.165, 1.54) is 25.7 Å². The van der Waals surface area contributed by atoms with Gasteiger partial charge in [0.05, 0.1) is 6.54 Å². The minimum atomic E-state index is 0.296. The third kappa shape index (κ3) is 1.85. The third-order valence-electron chi connectivity index (χ3n) is 3.16. The lowest BCUT2D eigenvalue weighted by Crippen LogP contribution is -2.55. The predicted octanol–water partition coefficient (Wildman–Crippen LogP) is 0.749. The largest absolute Gasteiger partial charge is 0.337 e. The zero-order valence-corrected chi connectivity index (χ0v) is 8.25. The number of hydrogen-bond donors (Lipinski definition) is 1. The molecule has 1 N–H and O–H groups in total. The highest BCUT2D eigenvalue weighted by molar-refractivity contribution is 5.79. The Kier molecular flexibility index (Phi) is 2.54. The maximum absolute atomic E-state index is 11.6. The summed E-state index contributed by atoms with van der Waals surface area (Å²) in [4.78, 5) is 13.7. The first-order valence-corrected chi connectivity index (χ1v) is 5.30. The minimum Gasteiger partial charge on any atom is -0.337 e. The third-order valence-corrected chi connectivity index (χ3v) is 3.16. The van der Waals surface area contributed by atoms with Gasteiger partial charge in [-0.2, -0.15) is 0 Å². The molecule has 2 aliphatic rings. The molecule has 74 valence electrons. The van der Waals surface area contributed by atoms with Crippen molar-refractivity contribution in [1.29, 1.82) is 0 Å². The van der Waals surface area contributed by atoms with Crippen molar-refractivity contribution in [2.45, 2.75) is 44.7 Å². The Morgan fingerprint density at radius 3 is 2.77 bits per heavy atom. The fourth-order valence-electron chi connectivity index (χ4n) is 2.39. The number of nitrogens with one attached hydrogen (secondary N) is 1. The molecule has 0 aromatic rings. The van der Waals surface area contributed by atoms with E-state index in [1.807, 2.05) is 0 Å². The van der Waals surface area contributed by atoms with Crippen LogP contribution in [0.1, 0.15) is 32.6 Å². The van der Waals surface area contributed by atoms with E-state index in [0.717, 1.165) is 6.54 Å². The van der Waals surface area contributed by atoms with Crippen LogP contribution in [0.4, 0.5) is 0 Å². The summed E-state index contributed by atoms with van der Waals surface area (Å²) < 4.78 is 0. The van der Waals surface area contributed by atoms with Crippen LogP contribution in [0, 0.1) is 0 Å². The van der Waals surface area contributed by atoms with E-state index in [1.54, 1.807) is 0 Å². The number of hydrogen-bond acceptors (Lipinski definition) is 2. The van der Waals surface area contributed by atoms with Crippen molar-refractivity contribution in [2.24, 2.45) is 0 Å². The number of rotatable bonds is 1. The van der Waals surface area contributed by atoms with E-state index in [-0.39, 0.29) is 0 Å². The van der Waals surface area contributed by atoms with Crippen LogP contribution >= 0.6 is 0 Å². The van der Waals surface area contributed by atoms with Gasteiger partial charge in [-0.3, -0.25) is 4.79 Å². The molecule has 3 nitrogen and oxygen atoms in total. The van der Waals surface area contributed by atoms with Crippen LogP contribution in [0.2, 0.25) is 0 Å². The molecule has 1 unspecified atom stereocenters. The summed E-state index contributed by atoms with van der Waals surface area (Å²) >= 11 is 0. The van der Waals surface area contributed by atoms with E-state index in [2.05, 4.69) is 17.1 Å². The summed E-state index contributed by atoms with van der Waals surface area (Å²) in [7, 11) is 0. The second kappa shape index (κ2) is 3.66. The van der Waals surface area contributed by atoms with Crippen LogP contribution in [0.15, 0.2) is 0 Å². The van der Waals surface area contributed by atoms with E-state index < -0.39 is 0 Å². The highest BCUT2D eigenvalue weighted by Crippen LogP contribution is 2.24. The highest BCUT2D eigenvalue weighted by atomic mass is 16.2. The Bertz CT molecular complexity index is 199. The molecule has 3 heteroatoms. The maximum Gasteiger partial charge on any atom is 0.236 e. The maximum atomic E-state index is 11.6. The smallest absolute Gasteiger partial charge is 0.236 e. The average molecular weight is 182 g/mol. The van der Waals surface area contributed by atoms with Gasteiger partial charge in [0, 0.05) is 18.6 Å². The van der Waals surface area contributed by atoms with Crippen molar-refractivity contribution in [2.75, 3.05) is 13.1 Å². The molecular weight excluding hydrogens is 164 g/mol. The van der Waals surface area contributed by atoms with Crippen molar-refractivity contribution >= 4 is 5.91 Å². The summed E-state index contributed by atoms with van der Waals surface area (Å²) in [6, 6.07) is 1.02. The molecule has 0 radical (unpaired) electrons. The van der Waals surface area contributed by atoms with Gasteiger partial charge in [0.25, 0.3) is 0 Å². The van der Waals surface area contributed by atoms with E-state index >= 15 is 0 Å². The molecule has 1 atom stereocenters. The fourth-order valence-corrected chi connectivity index (χ4v) is 2.39. The van der Waals surface area contributed by atoms with Crippen molar-refractivity contribution in [3.05, 3.63) is 0 Å². The molecule has 1 saturated carbocycles. The second-order valence-electron chi connectivity index (χ2n) is 4.27. The summed E-state index contributed by atoms with van der Waals surface area (Å²) in [6.07, 6.45) is 5.05. The van der Waals surface area contributed by atoms with Crippen LogP contribution in [0.3, 0.4) is 0 Å². The van der Waals surface area contributed by atoms with Gasteiger partial charge in [0.2, 0.25) is 5.91 Å². The first-order valence-electron chi connectivity index (χ1n) is 5.30. The molecule has 1 heterocycles. The van der Waals surface area contributed by atoms with E-state index in [4.69, 9.17) is 0 Å². The topological polar surface area (TPSA) is 32.3 Å². The molecule has 0 aromatic heterocycles. The van der Waals surface area contributed by atoms with Crippen LogP contribution in [-0.2, 0) is 4.79 Å². The van der Waals surface area contributed by atoms with Gasteiger partial charge in [-0.05, 0) is 19.8 Å². The number of carbonyl (C=O) groups is 1. The highest BCUT2D eigenvalue weighted by Gasteiger charge is 2.30. The van der Waals surface area contributed by atoms with Crippen LogP contribution in [-0.4, -0.2) is 36.0 Å². The summed E-state index contributed by atoms with van der Waals surface area (Å²) in [6.45, 7) is 3.59. The van der Waals surface area contributed by atoms with Crippen LogP contribution in [0.5, 0.6) is 0 Å². The van der Waals surface area contributed by atoms with Crippen LogP contribution < -0.4 is 5.32 Å². The van der Waals surface area contributed by atoms with Crippen molar-refractivity contribution in [1.82, 2.24) is 10.2 Å². The molecule has 1 amide bonds. The van der Waals surface area contributed by atoms with Crippen molar-refractivity contribution in [3.8, 4) is 0 Å². The van der Waals surface area contributed by atoms with Gasteiger partial charge in [-0.25, -0.2) is 0 Å². The monoisotopic (exact) mass is 182 g/mol. The fraction of sp³-hybridized carbons (Fsp3) is 0.900. The molecule has 1 aliphatic carbocycles. The Labute approximate surface area is 79.5 Å². The molecular formula is C10H18N2O. The van der Waals surface area contributed by atoms with E-state index in [0.29, 0.717) is 24.5 Å². The lowest BCUT2D eigenvalue weighted by atomic mass is 10.1.